The molecule has 7 rings (SSSR count). The summed E-state index contributed by atoms with van der Waals surface area (Å²) in [5.74, 6) is -0.832. The van der Waals surface area contributed by atoms with Gasteiger partial charge in [0.25, 0.3) is 0 Å². The highest BCUT2D eigenvalue weighted by Crippen LogP contribution is 2.57. The van der Waals surface area contributed by atoms with Crippen LogP contribution in [-0.2, 0) is 24.4 Å². The van der Waals surface area contributed by atoms with E-state index in [1.807, 2.05) is 18.2 Å². The summed E-state index contributed by atoms with van der Waals surface area (Å²) in [5.41, 5.74) is -0.187. The van der Waals surface area contributed by atoms with Gasteiger partial charge in [-0.25, -0.2) is 18.4 Å². The summed E-state index contributed by atoms with van der Waals surface area (Å²) in [5, 5.41) is 12.3. The average molecular weight is 767 g/mol. The second-order valence-electron chi connectivity index (χ2n) is 14.4. The molecule has 3 aromatic rings. The van der Waals surface area contributed by atoms with E-state index in [9.17, 15) is 28.1 Å². The maximum atomic E-state index is 14.3. The SMILES string of the molecule is COc1ccc2c(O[C@H]3C[C@H]4C(=O)N(C)CCCC/C=C\[C@@H]5C[C@@]5(C(=O)NS(=O)(=O)C5(C)CC5)CC(=O)N4C3)cc(-c3nc(C#N)cs3)nc2c1Cl. The van der Waals surface area contributed by atoms with Crippen LogP contribution in [0.3, 0.4) is 0 Å². The van der Waals surface area contributed by atoms with Crippen molar-refractivity contribution in [3.8, 4) is 28.3 Å². The van der Waals surface area contributed by atoms with E-state index in [2.05, 4.69) is 9.71 Å². The number of halogens is 1. The fourth-order valence-corrected chi connectivity index (χ4v) is 9.44. The number of carbonyl (C=O) groups is 3. The number of nitrogens with one attached hydrogen (secondary N) is 1. The lowest BCUT2D eigenvalue weighted by Gasteiger charge is -2.29. The lowest BCUT2D eigenvalue weighted by atomic mass is 9.96. The molecule has 16 heteroatoms. The van der Waals surface area contributed by atoms with Gasteiger partial charge >= 0.3 is 0 Å². The van der Waals surface area contributed by atoms with Crippen LogP contribution in [0.2, 0.25) is 5.02 Å². The van der Waals surface area contributed by atoms with Crippen LogP contribution in [0.5, 0.6) is 11.5 Å². The van der Waals surface area contributed by atoms with Gasteiger partial charge < -0.3 is 19.3 Å². The molecule has 2 saturated carbocycles. The Morgan fingerprint density at radius 1 is 1.19 bits per heavy atom. The van der Waals surface area contributed by atoms with E-state index in [0.29, 0.717) is 58.9 Å². The van der Waals surface area contributed by atoms with Crippen LogP contribution in [0.25, 0.3) is 21.6 Å². The molecular formula is C36H39ClN6O7S2. The van der Waals surface area contributed by atoms with Gasteiger partial charge in [0.15, 0.2) is 5.69 Å². The summed E-state index contributed by atoms with van der Waals surface area (Å²) in [6.07, 6.45) is 6.80. The summed E-state index contributed by atoms with van der Waals surface area (Å²) in [4.78, 5) is 54.3. The van der Waals surface area contributed by atoms with Crippen molar-refractivity contribution in [3.05, 3.63) is 46.4 Å². The van der Waals surface area contributed by atoms with E-state index >= 15 is 0 Å². The first-order valence-electron chi connectivity index (χ1n) is 17.3. The van der Waals surface area contributed by atoms with E-state index in [0.717, 1.165) is 19.3 Å². The first-order valence-corrected chi connectivity index (χ1v) is 20.0. The summed E-state index contributed by atoms with van der Waals surface area (Å²) in [7, 11) is -0.706. The number of methoxy groups -OCH3 is 1. The van der Waals surface area contributed by atoms with Crippen molar-refractivity contribution in [2.45, 2.75) is 75.2 Å². The van der Waals surface area contributed by atoms with Crippen molar-refractivity contribution in [1.29, 1.82) is 5.26 Å². The number of carbonyl (C=O) groups excluding carboxylic acids is 3. The first kappa shape index (κ1) is 36.1. The number of amides is 3. The molecule has 1 N–H and O–H groups in total. The number of likely N-dealkylation sites (N-methyl/N-ethyl adjacent to an activating group) is 1. The minimum absolute atomic E-state index is 0.0521. The van der Waals surface area contributed by atoms with E-state index in [1.54, 1.807) is 42.5 Å². The Balaban J connectivity index is 1.21. The fraction of sp³-hybridized carbons (Fsp3) is 0.500. The van der Waals surface area contributed by atoms with Gasteiger partial charge in [-0.05, 0) is 63.5 Å². The standard InChI is InChI=1S/C36H39ClN6O7S2/c1-35(11-12-35)52(47,48)41-34(46)36-16-21(36)8-6-4-5-7-13-42(2)33(45)26-14-23(19-43(26)29(44)17-36)50-28-15-25(32-39-22(18-38)20-51-32)40-31-24(28)9-10-27(49-3)30(31)37/h6,8-10,15,20-21,23,26H,4-5,7,11-14,16-17,19H2,1-3H3,(H,41,46)/b8-6-/t21-,23+,26+,36-/m1/s1. The van der Waals surface area contributed by atoms with Crippen LogP contribution >= 0.6 is 22.9 Å². The Morgan fingerprint density at radius 2 is 1.98 bits per heavy atom. The molecule has 1 saturated heterocycles. The van der Waals surface area contributed by atoms with Crippen LogP contribution < -0.4 is 14.2 Å². The number of rotatable bonds is 7. The number of benzene rings is 1. The Kier molecular flexibility index (Phi) is 9.46. The van der Waals surface area contributed by atoms with E-state index in [1.165, 1.54) is 23.3 Å². The predicted octanol–water partition coefficient (Wildman–Crippen LogP) is 4.83. The van der Waals surface area contributed by atoms with Gasteiger partial charge in [-0.2, -0.15) is 5.26 Å². The average Bonchev–Trinajstić information content (AvgIpc) is 3.90. The Bertz CT molecular complexity index is 2150. The quantitative estimate of drug-likeness (QED) is 0.329. The molecule has 2 aliphatic carbocycles. The molecular weight excluding hydrogens is 728 g/mol. The van der Waals surface area contributed by atoms with Gasteiger partial charge in [-0.15, -0.1) is 11.3 Å². The Morgan fingerprint density at radius 3 is 2.69 bits per heavy atom. The number of aromatic nitrogens is 2. The van der Waals surface area contributed by atoms with Crippen molar-refractivity contribution in [2.75, 3.05) is 27.2 Å². The molecule has 0 bridgehead atoms. The van der Waals surface area contributed by atoms with E-state index < -0.39 is 44.1 Å². The highest BCUT2D eigenvalue weighted by Gasteiger charge is 2.62. The number of thiazole rings is 1. The molecule has 2 aliphatic heterocycles. The van der Waals surface area contributed by atoms with Crippen molar-refractivity contribution in [3.63, 3.8) is 0 Å². The third-order valence-corrected chi connectivity index (χ3v) is 14.2. The van der Waals surface area contributed by atoms with Crippen LogP contribution in [0.1, 0.15) is 64.0 Å². The maximum Gasteiger partial charge on any atom is 0.245 e. The lowest BCUT2D eigenvalue weighted by Crippen LogP contribution is -2.49. The first-order chi connectivity index (χ1) is 24.8. The molecule has 13 nitrogen and oxygen atoms in total. The summed E-state index contributed by atoms with van der Waals surface area (Å²) >= 11 is 7.97. The number of hydrogen-bond acceptors (Lipinski definition) is 11. The van der Waals surface area contributed by atoms with Crippen molar-refractivity contribution >= 4 is 61.6 Å². The molecule has 0 unspecified atom stereocenters. The zero-order chi connectivity index (χ0) is 37.0. The molecule has 3 amide bonds. The molecule has 4 heterocycles. The Labute approximate surface area is 311 Å². The zero-order valence-corrected chi connectivity index (χ0v) is 31.4. The van der Waals surface area contributed by atoms with E-state index in [-0.39, 0.29) is 41.9 Å². The summed E-state index contributed by atoms with van der Waals surface area (Å²) in [6, 6.07) is 6.34. The van der Waals surface area contributed by atoms with E-state index in [4.69, 9.17) is 26.1 Å². The number of ether oxygens (including phenoxy) is 2. The molecule has 274 valence electrons. The molecule has 1 aromatic carbocycles. The van der Waals surface area contributed by atoms with Gasteiger partial charge in [0, 0.05) is 43.3 Å². The van der Waals surface area contributed by atoms with Crippen LogP contribution in [0, 0.1) is 22.7 Å². The number of nitrogens with zero attached hydrogens (tertiary/aromatic N) is 5. The number of sulfonamides is 1. The minimum Gasteiger partial charge on any atom is -0.495 e. The summed E-state index contributed by atoms with van der Waals surface area (Å²) < 4.78 is 39.5. The fourth-order valence-electron chi connectivity index (χ4n) is 7.12. The highest BCUT2D eigenvalue weighted by atomic mass is 35.5. The molecule has 4 aliphatic rings. The van der Waals surface area contributed by atoms with Gasteiger partial charge in [0.2, 0.25) is 27.7 Å². The number of fused-ring (bicyclic) bond motifs is 3. The maximum absolute atomic E-state index is 14.3. The lowest BCUT2D eigenvalue weighted by molar-refractivity contribution is -0.144. The molecule has 52 heavy (non-hydrogen) atoms. The third kappa shape index (κ3) is 6.60. The monoisotopic (exact) mass is 766 g/mol. The third-order valence-electron chi connectivity index (χ3n) is 10.8. The molecule has 0 spiro atoms. The number of allylic oxidation sites excluding steroid dienone is 2. The van der Waals surface area contributed by atoms with Crippen LogP contribution in [0.15, 0.2) is 35.7 Å². The predicted molar refractivity (Wildman–Crippen MR) is 194 cm³/mol. The van der Waals surface area contributed by atoms with Crippen LogP contribution in [-0.4, -0.2) is 90.0 Å². The largest absolute Gasteiger partial charge is 0.495 e. The normalized spacial score (nSPS) is 26.5. The second kappa shape index (κ2) is 13.6. The smallest absolute Gasteiger partial charge is 0.245 e. The second-order valence-corrected chi connectivity index (χ2v) is 17.8. The number of hydrogen-bond donors (Lipinski definition) is 1. The highest BCUT2D eigenvalue weighted by molar-refractivity contribution is 7.91. The van der Waals surface area contributed by atoms with Gasteiger partial charge in [-0.1, -0.05) is 23.8 Å². The zero-order valence-electron chi connectivity index (χ0n) is 29.1. The molecule has 4 atom stereocenters. The number of nitriles is 1. The van der Waals surface area contributed by atoms with Gasteiger partial charge in [-0.3, -0.25) is 19.1 Å². The van der Waals surface area contributed by atoms with Crippen molar-refractivity contribution in [1.82, 2.24) is 24.5 Å². The van der Waals surface area contributed by atoms with Gasteiger partial charge in [0.1, 0.15) is 45.4 Å². The molecule has 3 fully saturated rings. The Hall–Kier alpha value is -4.26. The number of pyridine rings is 1. The topological polar surface area (TPSA) is 172 Å². The van der Waals surface area contributed by atoms with Crippen LogP contribution in [0.4, 0.5) is 0 Å². The van der Waals surface area contributed by atoms with Gasteiger partial charge in [0.05, 0.1) is 29.3 Å². The van der Waals surface area contributed by atoms with Crippen molar-refractivity contribution in [2.24, 2.45) is 11.3 Å². The molecule has 2 aromatic heterocycles. The minimum atomic E-state index is -3.92. The molecule has 0 radical (unpaired) electrons. The van der Waals surface area contributed by atoms with Crippen molar-refractivity contribution < 1.29 is 32.3 Å². The summed E-state index contributed by atoms with van der Waals surface area (Å²) in [6.45, 7) is 2.18.